The Labute approximate surface area is 211 Å². The summed E-state index contributed by atoms with van der Waals surface area (Å²) in [6.07, 6.45) is 7.74. The molecule has 0 bridgehead atoms. The first-order valence-corrected chi connectivity index (χ1v) is 13.8. The van der Waals surface area contributed by atoms with Crippen LogP contribution >= 0.6 is 11.3 Å². The molecule has 5 rings (SSSR count). The molecule has 2 aromatic heterocycles. The van der Waals surface area contributed by atoms with Crippen molar-refractivity contribution in [1.29, 1.82) is 0 Å². The molecule has 0 spiro atoms. The summed E-state index contributed by atoms with van der Waals surface area (Å²) in [6, 6.07) is 12.1. The molecule has 7 heteroatoms. The number of aromatic nitrogens is 1. The van der Waals surface area contributed by atoms with Gasteiger partial charge in [-0.15, -0.1) is 11.3 Å². The highest BCUT2D eigenvalue weighted by atomic mass is 32.1. The van der Waals surface area contributed by atoms with Gasteiger partial charge < -0.3 is 19.5 Å². The van der Waals surface area contributed by atoms with Crippen molar-refractivity contribution >= 4 is 33.4 Å². The first-order valence-electron chi connectivity index (χ1n) is 12.9. The van der Waals surface area contributed by atoms with Gasteiger partial charge >= 0.3 is 0 Å². The summed E-state index contributed by atoms with van der Waals surface area (Å²) < 4.78 is 8.84. The molecule has 3 heterocycles. The van der Waals surface area contributed by atoms with Gasteiger partial charge in [0, 0.05) is 12.6 Å². The van der Waals surface area contributed by atoms with Crippen molar-refractivity contribution in [2.45, 2.75) is 83.5 Å². The number of hydrogen-bond acceptors (Lipinski definition) is 4. The van der Waals surface area contributed by atoms with E-state index in [0.717, 1.165) is 53.6 Å². The van der Waals surface area contributed by atoms with E-state index >= 15 is 0 Å². The highest BCUT2D eigenvalue weighted by Crippen LogP contribution is 2.35. The molecule has 1 aromatic carbocycles. The average molecular weight is 494 g/mol. The number of carbonyl (C=O) groups is 2. The standard InChI is InChI=1S/C28H35N3O3S/c1-3-15-34-22-12-10-20(11-13-22)18-31-26(32)24-17-25-23(14-16-35-25)30(24)19-28(31,2)27(33)29-21-8-6-4-5-7-9-21/h10-14,16-17,21H,3-9,15,18-19H2,1-2H3,(H,29,33)/t28-/m0/s1. The Bertz CT molecular complexity index is 1190. The summed E-state index contributed by atoms with van der Waals surface area (Å²) >= 11 is 1.63. The largest absolute Gasteiger partial charge is 0.494 e. The van der Waals surface area contributed by atoms with E-state index in [1.807, 2.05) is 53.3 Å². The zero-order chi connectivity index (χ0) is 24.4. The van der Waals surface area contributed by atoms with E-state index in [-0.39, 0.29) is 17.9 Å². The number of amides is 2. The number of ether oxygens (including phenoxy) is 1. The molecule has 1 fully saturated rings. The zero-order valence-electron chi connectivity index (χ0n) is 20.7. The van der Waals surface area contributed by atoms with E-state index in [0.29, 0.717) is 25.4 Å². The summed E-state index contributed by atoms with van der Waals surface area (Å²) in [5, 5.41) is 5.38. The van der Waals surface area contributed by atoms with Gasteiger partial charge in [0.15, 0.2) is 0 Å². The van der Waals surface area contributed by atoms with Crippen LogP contribution in [0.25, 0.3) is 10.2 Å². The van der Waals surface area contributed by atoms with Crippen molar-refractivity contribution < 1.29 is 14.3 Å². The predicted octanol–water partition coefficient (Wildman–Crippen LogP) is 5.75. The number of hydrogen-bond donors (Lipinski definition) is 1. The first kappa shape index (κ1) is 23.9. The Kier molecular flexibility index (Phi) is 6.87. The molecule has 2 aliphatic rings. The molecule has 186 valence electrons. The Hall–Kier alpha value is -2.80. The lowest BCUT2D eigenvalue weighted by Crippen LogP contribution is -2.64. The second-order valence-electron chi connectivity index (χ2n) is 10.1. The highest BCUT2D eigenvalue weighted by molar-refractivity contribution is 7.17. The summed E-state index contributed by atoms with van der Waals surface area (Å²) in [4.78, 5) is 29.5. The number of benzene rings is 1. The smallest absolute Gasteiger partial charge is 0.271 e. The molecule has 0 saturated heterocycles. The number of nitrogens with one attached hydrogen (secondary N) is 1. The van der Waals surface area contributed by atoms with Gasteiger partial charge in [0.25, 0.3) is 5.91 Å². The van der Waals surface area contributed by atoms with E-state index in [2.05, 4.69) is 12.2 Å². The minimum atomic E-state index is -0.984. The Morgan fingerprint density at radius 1 is 1.14 bits per heavy atom. The summed E-state index contributed by atoms with van der Waals surface area (Å²) in [6.45, 7) is 5.51. The van der Waals surface area contributed by atoms with Crippen LogP contribution < -0.4 is 10.1 Å². The monoisotopic (exact) mass is 493 g/mol. The fourth-order valence-corrected chi connectivity index (χ4v) is 6.20. The molecule has 6 nitrogen and oxygen atoms in total. The van der Waals surface area contributed by atoms with Crippen LogP contribution in [0.4, 0.5) is 0 Å². The van der Waals surface area contributed by atoms with E-state index < -0.39 is 5.54 Å². The minimum Gasteiger partial charge on any atom is -0.494 e. The zero-order valence-corrected chi connectivity index (χ0v) is 21.5. The van der Waals surface area contributed by atoms with Crippen LogP contribution in [0.15, 0.2) is 41.8 Å². The van der Waals surface area contributed by atoms with Crippen LogP contribution in [0.3, 0.4) is 0 Å². The fourth-order valence-electron chi connectivity index (χ4n) is 5.38. The van der Waals surface area contributed by atoms with Crippen molar-refractivity contribution in [3.05, 3.63) is 53.0 Å². The van der Waals surface area contributed by atoms with Crippen LogP contribution in [-0.2, 0) is 17.9 Å². The van der Waals surface area contributed by atoms with Crippen molar-refractivity contribution in [3.8, 4) is 5.75 Å². The number of rotatable bonds is 7. The number of nitrogens with zero attached hydrogens (tertiary/aromatic N) is 2. The number of fused-ring (bicyclic) bond motifs is 3. The molecule has 2 amide bonds. The minimum absolute atomic E-state index is 0.0524. The Balaban J connectivity index is 1.45. The van der Waals surface area contributed by atoms with E-state index in [1.54, 1.807) is 16.2 Å². The van der Waals surface area contributed by atoms with Gasteiger partial charge in [0.2, 0.25) is 5.91 Å². The summed E-state index contributed by atoms with van der Waals surface area (Å²) in [5.74, 6) is 0.677. The second kappa shape index (κ2) is 10.1. The Morgan fingerprint density at radius 2 is 1.89 bits per heavy atom. The molecule has 1 N–H and O–H groups in total. The molecule has 3 aromatic rings. The molecule has 1 aliphatic heterocycles. The lowest BCUT2D eigenvalue weighted by atomic mass is 9.93. The molecular weight excluding hydrogens is 458 g/mol. The second-order valence-corrected chi connectivity index (χ2v) is 11.1. The van der Waals surface area contributed by atoms with E-state index in [4.69, 9.17) is 4.74 Å². The predicted molar refractivity (Wildman–Crippen MR) is 140 cm³/mol. The van der Waals surface area contributed by atoms with Gasteiger partial charge in [0.05, 0.1) is 23.4 Å². The van der Waals surface area contributed by atoms with Crippen LogP contribution in [0.2, 0.25) is 0 Å². The summed E-state index contributed by atoms with van der Waals surface area (Å²) in [7, 11) is 0. The molecule has 1 saturated carbocycles. The summed E-state index contributed by atoms with van der Waals surface area (Å²) in [5.41, 5.74) is 1.69. The van der Waals surface area contributed by atoms with Crippen molar-refractivity contribution in [2.24, 2.45) is 0 Å². The van der Waals surface area contributed by atoms with Gasteiger partial charge in [0.1, 0.15) is 17.0 Å². The van der Waals surface area contributed by atoms with Gasteiger partial charge in [-0.05, 0) is 61.4 Å². The third-order valence-corrected chi connectivity index (χ3v) is 8.32. The van der Waals surface area contributed by atoms with Crippen LogP contribution in [0.5, 0.6) is 5.75 Å². The molecule has 1 aliphatic carbocycles. The van der Waals surface area contributed by atoms with Crippen LogP contribution in [-0.4, -0.2) is 39.5 Å². The third-order valence-electron chi connectivity index (χ3n) is 7.47. The topological polar surface area (TPSA) is 63.6 Å². The van der Waals surface area contributed by atoms with Crippen LogP contribution in [0, 0.1) is 0 Å². The van der Waals surface area contributed by atoms with Gasteiger partial charge in [-0.2, -0.15) is 0 Å². The van der Waals surface area contributed by atoms with E-state index in [9.17, 15) is 9.59 Å². The maximum absolute atomic E-state index is 13.9. The van der Waals surface area contributed by atoms with Gasteiger partial charge in [-0.1, -0.05) is 44.7 Å². The maximum Gasteiger partial charge on any atom is 0.271 e. The first-order chi connectivity index (χ1) is 17.0. The highest BCUT2D eigenvalue weighted by Gasteiger charge is 2.48. The SMILES string of the molecule is CCCOc1ccc(CN2C(=O)c3cc4sccc4n3C[C@@]2(C)C(=O)NC2CCCCCC2)cc1. The molecular formula is C28H35N3O3S. The van der Waals surface area contributed by atoms with Crippen molar-refractivity contribution in [1.82, 2.24) is 14.8 Å². The average Bonchev–Trinajstić information content (AvgIpc) is 3.35. The van der Waals surface area contributed by atoms with Gasteiger partial charge in [-0.3, -0.25) is 9.59 Å². The number of carbonyl (C=O) groups excluding carboxylic acids is 2. The normalized spacial score (nSPS) is 21.1. The number of thiophene rings is 1. The van der Waals surface area contributed by atoms with Gasteiger partial charge in [-0.25, -0.2) is 0 Å². The fraction of sp³-hybridized carbons (Fsp3) is 0.500. The quantitative estimate of drug-likeness (QED) is 0.427. The van der Waals surface area contributed by atoms with Crippen molar-refractivity contribution in [2.75, 3.05) is 6.61 Å². The van der Waals surface area contributed by atoms with Crippen LogP contribution in [0.1, 0.15) is 74.8 Å². The molecule has 1 atom stereocenters. The van der Waals surface area contributed by atoms with E-state index in [1.165, 1.54) is 12.8 Å². The molecule has 0 unspecified atom stereocenters. The molecule has 35 heavy (non-hydrogen) atoms. The molecule has 0 radical (unpaired) electrons. The maximum atomic E-state index is 13.9. The Morgan fingerprint density at radius 3 is 2.60 bits per heavy atom. The third kappa shape index (κ3) is 4.70. The lowest BCUT2D eigenvalue weighted by molar-refractivity contribution is -0.134. The van der Waals surface area contributed by atoms with Crippen molar-refractivity contribution in [3.63, 3.8) is 0 Å². The lowest BCUT2D eigenvalue weighted by Gasteiger charge is -2.44.